The van der Waals surface area contributed by atoms with Crippen molar-refractivity contribution in [3.8, 4) is 0 Å². The normalized spacial score (nSPS) is 35.1. The Hall–Kier alpha value is -0.840. The predicted molar refractivity (Wildman–Crippen MR) is 64.6 cm³/mol. The van der Waals surface area contributed by atoms with Crippen molar-refractivity contribution in [3.63, 3.8) is 0 Å². The van der Waals surface area contributed by atoms with Crippen LogP contribution in [0.15, 0.2) is 23.0 Å². The number of fused-ring (bicyclic) bond motifs is 1. The Morgan fingerprint density at radius 3 is 3.06 bits per heavy atom. The molecule has 0 radical (unpaired) electrons. The maximum absolute atomic E-state index is 9.71. The zero-order chi connectivity index (χ0) is 11.8. The van der Waals surface area contributed by atoms with Crippen LogP contribution >= 0.6 is 0 Å². The minimum atomic E-state index is -0.124. The quantitative estimate of drug-likeness (QED) is 0.829. The van der Waals surface area contributed by atoms with Crippen LogP contribution in [-0.4, -0.2) is 52.7 Å². The molecule has 0 aliphatic carbocycles. The molecule has 1 aromatic heterocycles. The van der Waals surface area contributed by atoms with Crippen LogP contribution in [0.25, 0.3) is 0 Å². The summed E-state index contributed by atoms with van der Waals surface area (Å²) in [6.07, 6.45) is 4.35. The lowest BCUT2D eigenvalue weighted by Gasteiger charge is -2.42. The lowest BCUT2D eigenvalue weighted by Crippen LogP contribution is -2.54. The topological polar surface area (TPSA) is 39.9 Å². The van der Waals surface area contributed by atoms with Gasteiger partial charge in [0.25, 0.3) is 0 Å². The van der Waals surface area contributed by atoms with E-state index in [1.165, 1.54) is 5.56 Å². The minimum Gasteiger partial charge on any atom is -0.472 e. The zero-order valence-electron chi connectivity index (χ0n) is 10.2. The molecular formula is C13H20N2O2. The fourth-order valence-electron chi connectivity index (χ4n) is 3.11. The molecular weight excluding hydrogens is 216 g/mol. The summed E-state index contributed by atoms with van der Waals surface area (Å²) >= 11 is 0. The van der Waals surface area contributed by atoms with Crippen LogP contribution in [0.5, 0.6) is 0 Å². The Balaban J connectivity index is 1.66. The summed E-state index contributed by atoms with van der Waals surface area (Å²) in [4.78, 5) is 4.92. The van der Waals surface area contributed by atoms with Gasteiger partial charge in [0.2, 0.25) is 0 Å². The lowest BCUT2D eigenvalue weighted by atomic mass is 10.1. The first-order valence-electron chi connectivity index (χ1n) is 6.39. The van der Waals surface area contributed by atoms with E-state index < -0.39 is 0 Å². The Morgan fingerprint density at radius 1 is 1.41 bits per heavy atom. The number of aliphatic hydroxyl groups excluding tert-OH is 1. The summed E-state index contributed by atoms with van der Waals surface area (Å²) < 4.78 is 5.12. The molecule has 2 aliphatic heterocycles. The van der Waals surface area contributed by atoms with E-state index in [0.717, 1.165) is 32.6 Å². The van der Waals surface area contributed by atoms with Crippen molar-refractivity contribution in [1.82, 2.24) is 9.80 Å². The first-order chi connectivity index (χ1) is 8.22. The fourth-order valence-corrected chi connectivity index (χ4v) is 3.11. The van der Waals surface area contributed by atoms with Gasteiger partial charge >= 0.3 is 0 Å². The van der Waals surface area contributed by atoms with Gasteiger partial charge in [-0.15, -0.1) is 0 Å². The molecule has 94 valence electrons. The number of hydrogen-bond donors (Lipinski definition) is 1. The van der Waals surface area contributed by atoms with Gasteiger partial charge in [0.15, 0.2) is 0 Å². The average Bonchev–Trinajstić information content (AvgIpc) is 2.87. The van der Waals surface area contributed by atoms with E-state index in [0.29, 0.717) is 12.1 Å². The van der Waals surface area contributed by atoms with Gasteiger partial charge in [-0.1, -0.05) is 0 Å². The van der Waals surface area contributed by atoms with Crippen LogP contribution in [-0.2, 0) is 6.54 Å². The third kappa shape index (κ3) is 2.25. The molecule has 2 aliphatic rings. The molecule has 4 heteroatoms. The SMILES string of the molecule is C[C@@H]1CN2C[C@H](O)CC2CN1Cc1ccoc1. The molecule has 0 saturated carbocycles. The first-order valence-corrected chi connectivity index (χ1v) is 6.39. The van der Waals surface area contributed by atoms with Crippen molar-refractivity contribution in [2.24, 2.45) is 0 Å². The monoisotopic (exact) mass is 236 g/mol. The number of nitrogens with zero attached hydrogens (tertiary/aromatic N) is 2. The molecule has 1 unspecified atom stereocenters. The molecule has 1 aromatic rings. The number of hydrogen-bond acceptors (Lipinski definition) is 4. The molecule has 3 atom stereocenters. The average molecular weight is 236 g/mol. The highest BCUT2D eigenvalue weighted by molar-refractivity contribution is 5.06. The highest BCUT2D eigenvalue weighted by Gasteiger charge is 2.37. The van der Waals surface area contributed by atoms with Gasteiger partial charge in [-0.2, -0.15) is 0 Å². The number of piperazine rings is 1. The summed E-state index contributed by atoms with van der Waals surface area (Å²) in [6.45, 7) is 6.21. The van der Waals surface area contributed by atoms with Gasteiger partial charge in [0.05, 0.1) is 18.6 Å². The van der Waals surface area contributed by atoms with Gasteiger partial charge in [-0.05, 0) is 19.4 Å². The van der Waals surface area contributed by atoms with Gasteiger partial charge < -0.3 is 9.52 Å². The fraction of sp³-hybridized carbons (Fsp3) is 0.692. The highest BCUT2D eigenvalue weighted by atomic mass is 16.3. The van der Waals surface area contributed by atoms with Crippen molar-refractivity contribution < 1.29 is 9.52 Å². The minimum absolute atomic E-state index is 0.124. The third-order valence-electron chi connectivity index (χ3n) is 4.04. The van der Waals surface area contributed by atoms with E-state index in [4.69, 9.17) is 4.42 Å². The van der Waals surface area contributed by atoms with E-state index in [1.807, 2.05) is 12.3 Å². The molecule has 3 rings (SSSR count). The number of aliphatic hydroxyl groups is 1. The van der Waals surface area contributed by atoms with E-state index >= 15 is 0 Å². The van der Waals surface area contributed by atoms with E-state index in [2.05, 4.69) is 16.7 Å². The standard InChI is InChI=1S/C13H20N2O2/c1-10-5-15-8-13(16)4-12(15)7-14(10)6-11-2-3-17-9-11/h2-3,9-10,12-13,16H,4-8H2,1H3/t10-,12?,13-/m1/s1. The molecule has 1 N–H and O–H groups in total. The van der Waals surface area contributed by atoms with Gasteiger partial charge in [-0.3, -0.25) is 9.80 Å². The Kier molecular flexibility index (Phi) is 2.94. The summed E-state index contributed by atoms with van der Waals surface area (Å²) in [6, 6.07) is 3.11. The molecule has 0 bridgehead atoms. The van der Waals surface area contributed by atoms with Crippen molar-refractivity contribution in [2.45, 2.75) is 38.1 Å². The molecule has 0 aromatic carbocycles. The van der Waals surface area contributed by atoms with E-state index in [-0.39, 0.29) is 6.10 Å². The smallest absolute Gasteiger partial charge is 0.0947 e. The van der Waals surface area contributed by atoms with Crippen LogP contribution in [0.1, 0.15) is 18.9 Å². The molecule has 2 fully saturated rings. The Labute approximate surface area is 102 Å². The Morgan fingerprint density at radius 2 is 2.29 bits per heavy atom. The van der Waals surface area contributed by atoms with Crippen molar-refractivity contribution in [1.29, 1.82) is 0 Å². The second-order valence-electron chi connectivity index (χ2n) is 5.41. The van der Waals surface area contributed by atoms with Crippen molar-refractivity contribution >= 4 is 0 Å². The maximum atomic E-state index is 9.71. The second kappa shape index (κ2) is 4.44. The van der Waals surface area contributed by atoms with E-state index in [1.54, 1.807) is 6.26 Å². The molecule has 3 heterocycles. The van der Waals surface area contributed by atoms with Crippen LogP contribution in [0.2, 0.25) is 0 Å². The predicted octanol–water partition coefficient (Wildman–Crippen LogP) is 0.919. The maximum Gasteiger partial charge on any atom is 0.0947 e. The largest absolute Gasteiger partial charge is 0.472 e. The lowest BCUT2D eigenvalue weighted by molar-refractivity contribution is 0.0527. The van der Waals surface area contributed by atoms with Gasteiger partial charge in [0, 0.05) is 43.8 Å². The third-order valence-corrected chi connectivity index (χ3v) is 4.04. The summed E-state index contributed by atoms with van der Waals surface area (Å²) in [5.74, 6) is 0. The molecule has 0 amide bonds. The molecule has 17 heavy (non-hydrogen) atoms. The molecule has 0 spiro atoms. The van der Waals surface area contributed by atoms with Crippen LogP contribution in [0, 0.1) is 0 Å². The second-order valence-corrected chi connectivity index (χ2v) is 5.41. The zero-order valence-corrected chi connectivity index (χ0v) is 10.2. The summed E-state index contributed by atoms with van der Waals surface area (Å²) in [7, 11) is 0. The van der Waals surface area contributed by atoms with Crippen molar-refractivity contribution in [3.05, 3.63) is 24.2 Å². The van der Waals surface area contributed by atoms with E-state index in [9.17, 15) is 5.11 Å². The van der Waals surface area contributed by atoms with Gasteiger partial charge in [0.1, 0.15) is 0 Å². The van der Waals surface area contributed by atoms with Gasteiger partial charge in [-0.25, -0.2) is 0 Å². The first kappa shape index (κ1) is 11.3. The summed E-state index contributed by atoms with van der Waals surface area (Å²) in [5, 5.41) is 9.71. The molecule has 2 saturated heterocycles. The number of furan rings is 1. The van der Waals surface area contributed by atoms with Crippen LogP contribution < -0.4 is 0 Å². The van der Waals surface area contributed by atoms with Crippen molar-refractivity contribution in [2.75, 3.05) is 19.6 Å². The number of rotatable bonds is 2. The highest BCUT2D eigenvalue weighted by Crippen LogP contribution is 2.26. The van der Waals surface area contributed by atoms with Crippen LogP contribution in [0.3, 0.4) is 0 Å². The van der Waals surface area contributed by atoms with Crippen LogP contribution in [0.4, 0.5) is 0 Å². The molecule has 4 nitrogen and oxygen atoms in total. The summed E-state index contributed by atoms with van der Waals surface area (Å²) in [5.41, 5.74) is 1.24. The Bertz CT molecular complexity index is 366.